The second-order valence-corrected chi connectivity index (χ2v) is 8.68. The number of nitrogens with zero attached hydrogens (tertiary/aromatic N) is 1. The van der Waals surface area contributed by atoms with Crippen LogP contribution in [0.5, 0.6) is 5.75 Å². The van der Waals surface area contributed by atoms with Crippen molar-refractivity contribution in [1.29, 1.82) is 0 Å². The Morgan fingerprint density at radius 2 is 1.97 bits per heavy atom. The summed E-state index contributed by atoms with van der Waals surface area (Å²) < 4.78 is 16.3. The van der Waals surface area contributed by atoms with Crippen molar-refractivity contribution in [1.82, 2.24) is 10.2 Å². The smallest absolute Gasteiger partial charge is 0.308 e. The summed E-state index contributed by atoms with van der Waals surface area (Å²) in [6, 6.07) is 5.87. The van der Waals surface area contributed by atoms with Crippen molar-refractivity contribution in [2.24, 2.45) is 5.92 Å². The number of hydrogen-bond donors (Lipinski definition) is 1. The number of ether oxygens (including phenoxy) is 3. The van der Waals surface area contributed by atoms with Gasteiger partial charge in [-0.1, -0.05) is 13.0 Å². The van der Waals surface area contributed by atoms with Gasteiger partial charge in [0.1, 0.15) is 5.75 Å². The third-order valence-electron chi connectivity index (χ3n) is 5.73. The van der Waals surface area contributed by atoms with Crippen molar-refractivity contribution in [2.45, 2.75) is 65.5 Å². The van der Waals surface area contributed by atoms with E-state index in [0.29, 0.717) is 37.6 Å². The molecule has 33 heavy (non-hydrogen) atoms. The van der Waals surface area contributed by atoms with Gasteiger partial charge in [0, 0.05) is 44.3 Å². The van der Waals surface area contributed by atoms with E-state index >= 15 is 0 Å². The average Bonchev–Trinajstić information content (AvgIpc) is 2.78. The normalized spacial score (nSPS) is 16.6. The number of benzene rings is 1. The molecule has 0 radical (unpaired) electrons. The summed E-state index contributed by atoms with van der Waals surface area (Å²) in [5.41, 5.74) is 1.51. The minimum atomic E-state index is -0.293. The maximum absolute atomic E-state index is 13.5. The molecule has 2 rings (SSSR count). The molecule has 0 spiro atoms. The molecule has 8 heteroatoms. The first kappa shape index (κ1) is 29.2. The zero-order valence-corrected chi connectivity index (χ0v) is 21.5. The van der Waals surface area contributed by atoms with Crippen LogP contribution in [0.25, 0.3) is 0 Å². The molecule has 188 valence electrons. The van der Waals surface area contributed by atoms with Gasteiger partial charge in [-0.3, -0.25) is 9.59 Å². The molecule has 1 aliphatic heterocycles. The van der Waals surface area contributed by atoms with Crippen LogP contribution in [0.15, 0.2) is 18.2 Å². The standard InChI is InChI=1S/C25H40N2O5.ClH/c1-6-31-25(29)19(4)15-20-10-11-21(16-23(20)32-14-8-13-30-5)24(28)27(18(2)3)22-9-7-12-26-17-22;/h10-11,16,18-19,22,26H,6-9,12-15,17H2,1-5H3;1H/t19?,22-;/m1./s1. The van der Waals surface area contributed by atoms with Gasteiger partial charge >= 0.3 is 5.97 Å². The fourth-order valence-corrected chi connectivity index (χ4v) is 4.12. The molecule has 0 aromatic heterocycles. The molecule has 1 aliphatic rings. The summed E-state index contributed by atoms with van der Waals surface area (Å²) in [4.78, 5) is 27.6. The molecule has 1 aromatic carbocycles. The number of hydrogen-bond acceptors (Lipinski definition) is 6. The quantitative estimate of drug-likeness (QED) is 0.358. The Morgan fingerprint density at radius 3 is 2.58 bits per heavy atom. The maximum Gasteiger partial charge on any atom is 0.308 e. The van der Waals surface area contributed by atoms with Crippen molar-refractivity contribution in [3.63, 3.8) is 0 Å². The monoisotopic (exact) mass is 484 g/mol. The minimum absolute atomic E-state index is 0. The van der Waals surface area contributed by atoms with Crippen molar-refractivity contribution in [3.8, 4) is 5.75 Å². The lowest BCUT2D eigenvalue weighted by molar-refractivity contribution is -0.147. The van der Waals surface area contributed by atoms with Crippen LogP contribution < -0.4 is 10.1 Å². The SMILES string of the molecule is CCOC(=O)C(C)Cc1ccc(C(=O)N(C(C)C)[C@@H]2CCCNC2)cc1OCCCOC.Cl. The number of nitrogens with one attached hydrogen (secondary N) is 1. The van der Waals surface area contributed by atoms with Crippen LogP contribution in [0.3, 0.4) is 0 Å². The van der Waals surface area contributed by atoms with Crippen molar-refractivity contribution < 1.29 is 23.8 Å². The third kappa shape index (κ3) is 8.80. The lowest BCUT2D eigenvalue weighted by Gasteiger charge is -2.37. The minimum Gasteiger partial charge on any atom is -0.493 e. The summed E-state index contributed by atoms with van der Waals surface area (Å²) in [5, 5.41) is 3.41. The second-order valence-electron chi connectivity index (χ2n) is 8.68. The highest BCUT2D eigenvalue weighted by molar-refractivity contribution is 5.95. The summed E-state index contributed by atoms with van der Waals surface area (Å²) >= 11 is 0. The van der Waals surface area contributed by atoms with Crippen LogP contribution >= 0.6 is 12.4 Å². The number of carbonyl (C=O) groups is 2. The number of halogens is 1. The van der Waals surface area contributed by atoms with Gasteiger partial charge in [-0.2, -0.15) is 0 Å². The summed E-state index contributed by atoms with van der Waals surface area (Å²) in [6.45, 7) is 11.0. The van der Waals surface area contributed by atoms with Gasteiger partial charge in [-0.25, -0.2) is 0 Å². The first-order chi connectivity index (χ1) is 15.4. The lowest BCUT2D eigenvalue weighted by atomic mass is 9.97. The Balaban J connectivity index is 0.00000544. The second kappa shape index (κ2) is 15.1. The average molecular weight is 485 g/mol. The molecule has 1 fully saturated rings. The van der Waals surface area contributed by atoms with E-state index in [1.165, 1.54) is 0 Å². The predicted molar refractivity (Wildman–Crippen MR) is 132 cm³/mol. The van der Waals surface area contributed by atoms with E-state index in [4.69, 9.17) is 14.2 Å². The molecule has 2 atom stereocenters. The van der Waals surface area contributed by atoms with Crippen molar-refractivity contribution >= 4 is 24.3 Å². The Morgan fingerprint density at radius 1 is 1.21 bits per heavy atom. The highest BCUT2D eigenvalue weighted by Gasteiger charge is 2.29. The van der Waals surface area contributed by atoms with Gasteiger partial charge < -0.3 is 24.4 Å². The summed E-state index contributed by atoms with van der Waals surface area (Å²) in [5.74, 6) is 0.140. The number of amides is 1. The van der Waals surface area contributed by atoms with Gasteiger partial charge in [0.25, 0.3) is 5.91 Å². The molecule has 1 unspecified atom stereocenters. The fraction of sp³-hybridized carbons (Fsp3) is 0.680. The molecule has 1 aromatic rings. The maximum atomic E-state index is 13.5. The molecular weight excluding hydrogens is 444 g/mol. The van der Waals surface area contributed by atoms with Gasteiger partial charge in [0.15, 0.2) is 0 Å². The van der Waals surface area contributed by atoms with E-state index in [2.05, 4.69) is 19.2 Å². The van der Waals surface area contributed by atoms with Crippen LogP contribution in [0.1, 0.15) is 62.9 Å². The topological polar surface area (TPSA) is 77.1 Å². The zero-order chi connectivity index (χ0) is 23.5. The van der Waals surface area contributed by atoms with E-state index in [-0.39, 0.29) is 42.3 Å². The number of piperidine rings is 1. The molecule has 0 saturated carbocycles. The van der Waals surface area contributed by atoms with Gasteiger partial charge in [0.2, 0.25) is 0 Å². The van der Waals surface area contributed by atoms with Crippen LogP contribution in [0.2, 0.25) is 0 Å². The highest BCUT2D eigenvalue weighted by Crippen LogP contribution is 2.26. The van der Waals surface area contributed by atoms with Crippen molar-refractivity contribution in [2.75, 3.05) is 40.0 Å². The lowest BCUT2D eigenvalue weighted by Crippen LogP contribution is -2.51. The van der Waals surface area contributed by atoms with E-state index in [1.807, 2.05) is 30.0 Å². The Kier molecular flexibility index (Phi) is 13.4. The molecule has 0 aliphatic carbocycles. The number of rotatable bonds is 12. The fourth-order valence-electron chi connectivity index (χ4n) is 4.12. The van der Waals surface area contributed by atoms with Crippen LogP contribution in [0.4, 0.5) is 0 Å². The first-order valence-electron chi connectivity index (χ1n) is 11.8. The Hall–Kier alpha value is -1.83. The van der Waals surface area contributed by atoms with E-state index in [0.717, 1.165) is 37.9 Å². The Labute approximate surface area is 204 Å². The predicted octanol–water partition coefficient (Wildman–Crippen LogP) is 3.87. The summed E-state index contributed by atoms with van der Waals surface area (Å²) in [7, 11) is 1.66. The van der Waals surface area contributed by atoms with Crippen LogP contribution in [0, 0.1) is 5.92 Å². The third-order valence-corrected chi connectivity index (χ3v) is 5.73. The van der Waals surface area contributed by atoms with Gasteiger partial charge in [0.05, 0.1) is 19.1 Å². The highest BCUT2D eigenvalue weighted by atomic mass is 35.5. The van der Waals surface area contributed by atoms with E-state index < -0.39 is 0 Å². The van der Waals surface area contributed by atoms with Gasteiger partial charge in [-0.15, -0.1) is 12.4 Å². The van der Waals surface area contributed by atoms with E-state index in [1.54, 1.807) is 14.0 Å². The van der Waals surface area contributed by atoms with Crippen molar-refractivity contribution in [3.05, 3.63) is 29.3 Å². The number of carbonyl (C=O) groups excluding carboxylic acids is 2. The molecule has 1 amide bonds. The van der Waals surface area contributed by atoms with Crippen LogP contribution in [-0.2, 0) is 20.7 Å². The first-order valence-corrected chi connectivity index (χ1v) is 11.8. The Bertz CT molecular complexity index is 738. The number of methoxy groups -OCH3 is 1. The zero-order valence-electron chi connectivity index (χ0n) is 20.7. The molecule has 1 N–H and O–H groups in total. The largest absolute Gasteiger partial charge is 0.493 e. The van der Waals surface area contributed by atoms with Gasteiger partial charge in [-0.05, 0) is 64.3 Å². The molecular formula is C25H41ClN2O5. The van der Waals surface area contributed by atoms with Crippen LogP contribution in [-0.4, -0.2) is 68.9 Å². The summed E-state index contributed by atoms with van der Waals surface area (Å²) in [6.07, 6.45) is 3.31. The molecule has 0 bridgehead atoms. The number of esters is 1. The van der Waals surface area contributed by atoms with E-state index in [9.17, 15) is 9.59 Å². The molecule has 1 heterocycles. The molecule has 1 saturated heterocycles. The molecule has 7 nitrogen and oxygen atoms in total.